The Bertz CT molecular complexity index is 1210. The molecule has 0 bridgehead atoms. The molecule has 13 heteroatoms. The SMILES string of the molecule is COC(=O)c1cc(OS(=O)(=O)C(F)(F)F)c2c(c1)C(=O)N(Cc1cc(OC)cc(OC)c1)CC2. The predicted octanol–water partition coefficient (Wildman–Crippen LogP) is 2.92. The van der Waals surface area contributed by atoms with Crippen molar-refractivity contribution in [1.29, 1.82) is 0 Å². The predicted molar refractivity (Wildman–Crippen MR) is 111 cm³/mol. The van der Waals surface area contributed by atoms with Crippen LogP contribution in [0.2, 0.25) is 0 Å². The van der Waals surface area contributed by atoms with Crippen LogP contribution in [-0.2, 0) is 27.8 Å². The fourth-order valence-corrected chi connectivity index (χ4v) is 3.90. The smallest absolute Gasteiger partial charge is 0.497 e. The Morgan fingerprint density at radius 1 is 1.03 bits per heavy atom. The molecule has 2 aromatic rings. The van der Waals surface area contributed by atoms with E-state index < -0.39 is 33.3 Å². The normalized spacial score (nSPS) is 13.8. The van der Waals surface area contributed by atoms with Gasteiger partial charge in [0.1, 0.15) is 17.2 Å². The number of methoxy groups -OCH3 is 3. The lowest BCUT2D eigenvalue weighted by Gasteiger charge is -2.30. The van der Waals surface area contributed by atoms with E-state index in [1.54, 1.807) is 18.2 Å². The molecular formula is C21H20F3NO8S. The topological polar surface area (TPSA) is 108 Å². The van der Waals surface area contributed by atoms with Gasteiger partial charge >= 0.3 is 21.6 Å². The highest BCUT2D eigenvalue weighted by molar-refractivity contribution is 7.88. The fraction of sp³-hybridized carbons (Fsp3) is 0.333. The Hall–Kier alpha value is -3.48. The van der Waals surface area contributed by atoms with E-state index in [1.807, 2.05) is 0 Å². The van der Waals surface area contributed by atoms with E-state index in [9.17, 15) is 31.2 Å². The number of halogens is 3. The van der Waals surface area contributed by atoms with E-state index in [4.69, 9.17) is 9.47 Å². The van der Waals surface area contributed by atoms with Crippen molar-refractivity contribution in [2.75, 3.05) is 27.9 Å². The van der Waals surface area contributed by atoms with Gasteiger partial charge in [0, 0.05) is 30.3 Å². The molecule has 0 aromatic heterocycles. The van der Waals surface area contributed by atoms with Crippen LogP contribution < -0.4 is 13.7 Å². The number of ether oxygens (including phenoxy) is 3. The molecule has 0 saturated carbocycles. The first-order chi connectivity index (χ1) is 15.9. The van der Waals surface area contributed by atoms with Crippen molar-refractivity contribution in [3.8, 4) is 17.2 Å². The van der Waals surface area contributed by atoms with Gasteiger partial charge in [-0.05, 0) is 36.2 Å². The van der Waals surface area contributed by atoms with Crippen LogP contribution in [0.5, 0.6) is 17.2 Å². The average molecular weight is 503 g/mol. The minimum Gasteiger partial charge on any atom is -0.497 e. The lowest BCUT2D eigenvalue weighted by Crippen LogP contribution is -2.38. The van der Waals surface area contributed by atoms with Gasteiger partial charge in [0.15, 0.2) is 0 Å². The number of amides is 1. The number of rotatable bonds is 7. The lowest BCUT2D eigenvalue weighted by molar-refractivity contribution is -0.0500. The molecule has 9 nitrogen and oxygen atoms in total. The zero-order valence-corrected chi connectivity index (χ0v) is 19.1. The van der Waals surface area contributed by atoms with Gasteiger partial charge in [-0.1, -0.05) is 0 Å². The van der Waals surface area contributed by atoms with Crippen molar-refractivity contribution in [2.24, 2.45) is 0 Å². The van der Waals surface area contributed by atoms with E-state index >= 15 is 0 Å². The van der Waals surface area contributed by atoms with Gasteiger partial charge in [-0.15, -0.1) is 0 Å². The Morgan fingerprint density at radius 3 is 2.18 bits per heavy atom. The third kappa shape index (κ3) is 5.03. The first kappa shape index (κ1) is 25.1. The van der Waals surface area contributed by atoms with Crippen LogP contribution in [0.1, 0.15) is 31.8 Å². The molecule has 0 spiro atoms. The van der Waals surface area contributed by atoms with Crippen LogP contribution in [0.4, 0.5) is 13.2 Å². The molecule has 3 rings (SSSR count). The Morgan fingerprint density at radius 2 is 1.65 bits per heavy atom. The molecule has 0 atom stereocenters. The van der Waals surface area contributed by atoms with Gasteiger partial charge in [0.05, 0.1) is 26.9 Å². The van der Waals surface area contributed by atoms with E-state index in [0.29, 0.717) is 17.1 Å². The van der Waals surface area contributed by atoms with Crippen molar-refractivity contribution < 1.29 is 49.6 Å². The summed E-state index contributed by atoms with van der Waals surface area (Å²) in [4.78, 5) is 26.6. The van der Waals surface area contributed by atoms with Crippen molar-refractivity contribution in [1.82, 2.24) is 4.90 Å². The summed E-state index contributed by atoms with van der Waals surface area (Å²) in [6.07, 6.45) is -0.0215. The highest BCUT2D eigenvalue weighted by atomic mass is 32.2. The summed E-state index contributed by atoms with van der Waals surface area (Å²) in [7, 11) is -2.08. The standard InChI is InChI=1S/C21H20F3NO8S/c1-30-14-6-12(7-15(10-14)31-2)11-25-5-4-16-17(19(25)26)8-13(20(27)32-3)9-18(16)33-34(28,29)21(22,23)24/h6-10H,4-5,11H2,1-3H3. The molecule has 1 heterocycles. The van der Waals surface area contributed by atoms with E-state index in [1.165, 1.54) is 19.1 Å². The summed E-state index contributed by atoms with van der Waals surface area (Å²) in [6, 6.07) is 6.95. The number of fused-ring (bicyclic) bond motifs is 1. The highest BCUT2D eigenvalue weighted by Gasteiger charge is 2.49. The lowest BCUT2D eigenvalue weighted by atomic mass is 9.95. The number of nitrogens with zero attached hydrogens (tertiary/aromatic N) is 1. The first-order valence-corrected chi connectivity index (χ1v) is 11.1. The highest BCUT2D eigenvalue weighted by Crippen LogP contribution is 2.35. The average Bonchev–Trinajstić information content (AvgIpc) is 2.79. The van der Waals surface area contributed by atoms with Crippen LogP contribution in [0, 0.1) is 0 Å². The van der Waals surface area contributed by atoms with E-state index in [2.05, 4.69) is 8.92 Å². The third-order valence-electron chi connectivity index (χ3n) is 5.05. The molecule has 1 aliphatic rings. The first-order valence-electron chi connectivity index (χ1n) is 9.67. The molecule has 0 unspecified atom stereocenters. The molecule has 0 saturated heterocycles. The Labute approximate surface area is 193 Å². The van der Waals surface area contributed by atoms with Crippen LogP contribution >= 0.6 is 0 Å². The van der Waals surface area contributed by atoms with Crippen LogP contribution in [-0.4, -0.2) is 58.6 Å². The summed E-state index contributed by atoms with van der Waals surface area (Å²) in [6.45, 7) is 0.136. The van der Waals surface area contributed by atoms with Gasteiger partial charge in [-0.25, -0.2) is 4.79 Å². The maximum atomic E-state index is 13.2. The molecule has 1 amide bonds. The number of hydrogen-bond acceptors (Lipinski definition) is 8. The number of esters is 1. The van der Waals surface area contributed by atoms with Gasteiger partial charge in [0.25, 0.3) is 5.91 Å². The maximum absolute atomic E-state index is 13.2. The van der Waals surface area contributed by atoms with Gasteiger partial charge in [-0.2, -0.15) is 21.6 Å². The molecule has 0 radical (unpaired) electrons. The number of carbonyl (C=O) groups is 2. The molecule has 0 aliphatic carbocycles. The second-order valence-corrected chi connectivity index (χ2v) is 8.71. The molecule has 0 fully saturated rings. The van der Waals surface area contributed by atoms with Crippen molar-refractivity contribution in [2.45, 2.75) is 18.5 Å². The second-order valence-electron chi connectivity index (χ2n) is 7.17. The minimum absolute atomic E-state index is 0.0215. The third-order valence-corrected chi connectivity index (χ3v) is 6.01. The quantitative estimate of drug-likeness (QED) is 0.323. The summed E-state index contributed by atoms with van der Waals surface area (Å²) in [5.41, 5.74) is -5.63. The van der Waals surface area contributed by atoms with Crippen molar-refractivity contribution in [3.63, 3.8) is 0 Å². The molecule has 0 N–H and O–H groups in total. The Balaban J connectivity index is 2.02. The maximum Gasteiger partial charge on any atom is 0.534 e. The zero-order valence-electron chi connectivity index (χ0n) is 18.3. The van der Waals surface area contributed by atoms with Gasteiger partial charge in [-0.3, -0.25) is 4.79 Å². The number of benzene rings is 2. The zero-order chi connectivity index (χ0) is 25.3. The molecule has 34 heavy (non-hydrogen) atoms. The minimum atomic E-state index is -6.03. The van der Waals surface area contributed by atoms with E-state index in [0.717, 1.165) is 19.2 Å². The molecule has 184 valence electrons. The number of carbonyl (C=O) groups excluding carboxylic acids is 2. The van der Waals surface area contributed by atoms with Crippen molar-refractivity contribution in [3.05, 3.63) is 52.6 Å². The fourth-order valence-electron chi connectivity index (χ4n) is 3.42. The summed E-state index contributed by atoms with van der Waals surface area (Å²) in [5, 5.41) is 0. The second kappa shape index (κ2) is 9.41. The summed E-state index contributed by atoms with van der Waals surface area (Å²) >= 11 is 0. The molecular weight excluding hydrogens is 483 g/mol. The molecule has 2 aromatic carbocycles. The van der Waals surface area contributed by atoms with E-state index in [-0.39, 0.29) is 36.2 Å². The largest absolute Gasteiger partial charge is 0.534 e. The number of hydrogen-bond donors (Lipinski definition) is 0. The molecule has 1 aliphatic heterocycles. The van der Waals surface area contributed by atoms with Crippen molar-refractivity contribution >= 4 is 22.0 Å². The monoisotopic (exact) mass is 503 g/mol. The van der Waals surface area contributed by atoms with Crippen LogP contribution in [0.15, 0.2) is 30.3 Å². The van der Waals surface area contributed by atoms with Crippen LogP contribution in [0.3, 0.4) is 0 Å². The van der Waals surface area contributed by atoms with Gasteiger partial charge in [0.2, 0.25) is 0 Å². The summed E-state index contributed by atoms with van der Waals surface area (Å²) < 4.78 is 81.1. The summed E-state index contributed by atoms with van der Waals surface area (Å²) in [5.74, 6) is -1.41. The number of alkyl halides is 3. The Kier molecular flexibility index (Phi) is 6.96. The van der Waals surface area contributed by atoms with Gasteiger partial charge < -0.3 is 23.3 Å². The van der Waals surface area contributed by atoms with Crippen LogP contribution in [0.25, 0.3) is 0 Å².